The Balaban J connectivity index is 2.21. The van der Waals surface area contributed by atoms with Crippen LogP contribution in [0.4, 0.5) is 0 Å². The molecule has 1 heterocycles. The summed E-state index contributed by atoms with van der Waals surface area (Å²) >= 11 is 1.01. The van der Waals surface area contributed by atoms with Crippen molar-refractivity contribution in [1.29, 1.82) is 0 Å². The maximum absolute atomic E-state index is 11.2. The van der Waals surface area contributed by atoms with Crippen molar-refractivity contribution in [1.82, 2.24) is 0 Å². The lowest BCUT2D eigenvalue weighted by atomic mass is 10.1. The molecule has 0 aliphatic carbocycles. The molecule has 1 aliphatic rings. The van der Waals surface area contributed by atoms with Crippen LogP contribution in [0.15, 0.2) is 18.2 Å². The molecule has 0 saturated heterocycles. The van der Waals surface area contributed by atoms with Gasteiger partial charge in [-0.05, 0) is 17.7 Å². The van der Waals surface area contributed by atoms with Gasteiger partial charge in [-0.2, -0.15) is 0 Å². The number of carbonyl (C=O) groups excluding carboxylic acids is 1. The highest BCUT2D eigenvalue weighted by molar-refractivity contribution is 8.13. The zero-order valence-corrected chi connectivity index (χ0v) is 10.5. The van der Waals surface area contributed by atoms with Crippen LogP contribution >= 0.6 is 11.8 Å². The first-order valence-electron chi connectivity index (χ1n) is 5.35. The molecule has 0 aromatic heterocycles. The summed E-state index contributed by atoms with van der Waals surface area (Å²) in [6.45, 7) is 1.48. The number of hydrogen-bond donors (Lipinski definition) is 2. The first kappa shape index (κ1) is 13.2. The summed E-state index contributed by atoms with van der Waals surface area (Å²) in [4.78, 5) is 11.2. The largest absolute Gasteiger partial charge is 0.600 e. The molecule has 2 atom stereocenters. The lowest BCUT2D eigenvalue weighted by molar-refractivity contribution is -1.05. The molecule has 0 fully saturated rings. The van der Waals surface area contributed by atoms with Crippen molar-refractivity contribution < 1.29 is 24.7 Å². The zero-order valence-electron chi connectivity index (χ0n) is 9.71. The number of hydroxylamine groups is 2. The van der Waals surface area contributed by atoms with E-state index < -0.39 is 10.5 Å². The van der Waals surface area contributed by atoms with Crippen molar-refractivity contribution in [2.75, 3.05) is 13.3 Å². The highest BCUT2D eigenvalue weighted by atomic mass is 32.2. The van der Waals surface area contributed by atoms with Crippen LogP contribution in [0.25, 0.3) is 0 Å². The van der Waals surface area contributed by atoms with E-state index in [1.807, 2.05) is 0 Å². The molecule has 7 heteroatoms. The summed E-state index contributed by atoms with van der Waals surface area (Å²) in [6, 6.07) is 5.22. The maximum Gasteiger partial charge on any atom is 0.231 e. The van der Waals surface area contributed by atoms with Crippen LogP contribution < -0.4 is 14.7 Å². The Morgan fingerprint density at radius 3 is 2.94 bits per heavy atom. The molecular weight excluding hydrogens is 258 g/mol. The number of rotatable bonds is 4. The fraction of sp³-hybridized carbons (Fsp3) is 0.364. The molecule has 2 N–H and O–H groups in total. The number of hydrogen-bond acceptors (Lipinski definition) is 6. The zero-order chi connectivity index (χ0) is 13.1. The van der Waals surface area contributed by atoms with Crippen LogP contribution in [-0.2, 0) is 4.79 Å². The minimum Gasteiger partial charge on any atom is -0.600 e. The molecule has 0 spiro atoms. The third-order valence-electron chi connectivity index (χ3n) is 2.44. The van der Waals surface area contributed by atoms with Crippen LogP contribution in [-0.4, -0.2) is 23.7 Å². The van der Waals surface area contributed by atoms with Crippen LogP contribution in [0.1, 0.15) is 17.7 Å². The van der Waals surface area contributed by atoms with E-state index in [4.69, 9.17) is 14.7 Å². The molecule has 98 valence electrons. The molecule has 18 heavy (non-hydrogen) atoms. The predicted octanol–water partition coefficient (Wildman–Crippen LogP) is 0.508. The molecule has 1 aliphatic heterocycles. The molecule has 2 unspecified atom stereocenters. The lowest BCUT2D eigenvalue weighted by Crippen LogP contribution is -3.05. The van der Waals surface area contributed by atoms with E-state index in [0.717, 1.165) is 17.3 Å². The smallest absolute Gasteiger partial charge is 0.231 e. The third kappa shape index (κ3) is 3.14. The van der Waals surface area contributed by atoms with Crippen molar-refractivity contribution in [3.05, 3.63) is 29.0 Å². The van der Waals surface area contributed by atoms with Gasteiger partial charge in [0.05, 0.1) is 5.25 Å². The topological polar surface area (TPSA) is 83.3 Å². The Bertz CT molecular complexity index is 451. The summed E-state index contributed by atoms with van der Waals surface area (Å²) < 4.78 is 10.4. The first-order chi connectivity index (χ1) is 8.56. The monoisotopic (exact) mass is 271 g/mol. The average Bonchev–Trinajstić information content (AvgIpc) is 2.73. The summed E-state index contributed by atoms with van der Waals surface area (Å²) in [7, 11) is 0. The van der Waals surface area contributed by atoms with Crippen molar-refractivity contribution >= 4 is 16.9 Å². The fourth-order valence-corrected chi connectivity index (χ4v) is 2.61. The predicted molar refractivity (Wildman–Crippen MR) is 64.6 cm³/mol. The minimum absolute atomic E-state index is 0.107. The second kappa shape index (κ2) is 5.57. The molecule has 0 saturated carbocycles. The van der Waals surface area contributed by atoms with E-state index in [1.165, 1.54) is 6.92 Å². The van der Waals surface area contributed by atoms with Gasteiger partial charge in [-0.25, -0.2) is 10.4 Å². The minimum atomic E-state index is -0.939. The van der Waals surface area contributed by atoms with E-state index in [2.05, 4.69) is 0 Å². The maximum atomic E-state index is 11.2. The highest BCUT2D eigenvalue weighted by Crippen LogP contribution is 2.37. The number of nitrogens with one attached hydrogen (secondary N) is 1. The van der Waals surface area contributed by atoms with Gasteiger partial charge in [-0.1, -0.05) is 17.8 Å². The van der Waals surface area contributed by atoms with Crippen LogP contribution in [0.3, 0.4) is 0 Å². The number of ether oxygens (including phenoxy) is 2. The van der Waals surface area contributed by atoms with Gasteiger partial charge in [0.1, 0.15) is 6.54 Å². The van der Waals surface area contributed by atoms with Crippen LogP contribution in [0.5, 0.6) is 11.5 Å². The van der Waals surface area contributed by atoms with Crippen LogP contribution in [0, 0.1) is 5.21 Å². The molecular formula is C11H13NO5S. The number of thioether (sulfide) groups is 1. The molecule has 0 amide bonds. The van der Waals surface area contributed by atoms with Crippen molar-refractivity contribution in [3.63, 3.8) is 0 Å². The van der Waals surface area contributed by atoms with Crippen molar-refractivity contribution in [2.45, 2.75) is 12.2 Å². The van der Waals surface area contributed by atoms with Gasteiger partial charge in [-0.3, -0.25) is 4.79 Å². The summed E-state index contributed by atoms with van der Waals surface area (Å²) in [5.41, 5.74) is 0.752. The lowest BCUT2D eigenvalue weighted by Gasteiger charge is -2.20. The molecule has 0 radical (unpaired) electrons. The second-order valence-corrected chi connectivity index (χ2v) is 5.19. The number of carbonyl (C=O) groups is 1. The second-order valence-electron chi connectivity index (χ2n) is 3.81. The Labute approximate surface area is 108 Å². The standard InChI is InChI=1S/C11H13NO5S/c1-7(13)18-11(5-12(14)15)8-2-3-9-10(4-8)17-6-16-9/h2-4,11-12,14H,5-6H2,1H3. The fourth-order valence-electron chi connectivity index (χ4n) is 1.70. The quantitative estimate of drug-likeness (QED) is 0.776. The Hall–Kier alpha value is -1.28. The van der Waals surface area contributed by atoms with Crippen molar-refractivity contribution in [3.8, 4) is 11.5 Å². The van der Waals surface area contributed by atoms with E-state index in [9.17, 15) is 10.0 Å². The SMILES string of the molecule is CC(=O)SC(C[NH+]([O-])O)c1ccc2c(c1)OCO2. The van der Waals surface area contributed by atoms with Gasteiger partial charge in [0, 0.05) is 6.92 Å². The molecule has 6 nitrogen and oxygen atoms in total. The van der Waals surface area contributed by atoms with E-state index in [1.54, 1.807) is 18.2 Å². The summed E-state index contributed by atoms with van der Waals surface area (Å²) in [5, 5.41) is 18.2. The van der Waals surface area contributed by atoms with Crippen LogP contribution in [0.2, 0.25) is 0 Å². The van der Waals surface area contributed by atoms with Gasteiger partial charge in [0.2, 0.25) is 6.79 Å². The molecule has 1 aromatic rings. The highest BCUT2D eigenvalue weighted by Gasteiger charge is 2.21. The Kier molecular flexibility index (Phi) is 4.07. The molecule has 1 aromatic carbocycles. The third-order valence-corrected chi connectivity index (χ3v) is 3.49. The Morgan fingerprint density at radius 1 is 1.56 bits per heavy atom. The van der Waals surface area contributed by atoms with E-state index in [0.29, 0.717) is 11.5 Å². The van der Waals surface area contributed by atoms with Gasteiger partial charge >= 0.3 is 0 Å². The van der Waals surface area contributed by atoms with Gasteiger partial charge < -0.3 is 14.7 Å². The van der Waals surface area contributed by atoms with Gasteiger partial charge in [0.15, 0.2) is 16.6 Å². The normalized spacial score (nSPS) is 16.4. The van der Waals surface area contributed by atoms with Gasteiger partial charge in [-0.15, -0.1) is 0 Å². The van der Waals surface area contributed by atoms with E-state index in [-0.39, 0.29) is 18.5 Å². The number of quaternary nitrogens is 1. The molecule has 2 rings (SSSR count). The number of fused-ring (bicyclic) bond motifs is 1. The Morgan fingerprint density at radius 2 is 2.28 bits per heavy atom. The summed E-state index contributed by atoms with van der Waals surface area (Å²) in [6.07, 6.45) is 0. The molecule has 0 bridgehead atoms. The van der Waals surface area contributed by atoms with Crippen molar-refractivity contribution in [2.24, 2.45) is 0 Å². The summed E-state index contributed by atoms with van der Waals surface area (Å²) in [5.74, 6) is 1.23. The number of benzene rings is 1. The average molecular weight is 271 g/mol. The van der Waals surface area contributed by atoms with E-state index >= 15 is 0 Å². The van der Waals surface area contributed by atoms with Gasteiger partial charge in [0.25, 0.3) is 0 Å². The first-order valence-corrected chi connectivity index (χ1v) is 6.23.